The molecule has 0 saturated carbocycles. The van der Waals surface area contributed by atoms with Crippen molar-refractivity contribution in [1.82, 2.24) is 5.32 Å². The van der Waals surface area contributed by atoms with Crippen molar-refractivity contribution in [1.29, 1.82) is 0 Å². The van der Waals surface area contributed by atoms with E-state index in [-0.39, 0.29) is 18.6 Å². The second kappa shape index (κ2) is 8.73. The normalized spacial score (nSPS) is 14.3. The summed E-state index contributed by atoms with van der Waals surface area (Å²) in [5, 5.41) is 2.76. The molecule has 0 fully saturated rings. The van der Waals surface area contributed by atoms with Crippen LogP contribution < -0.4 is 11.2 Å². The van der Waals surface area contributed by atoms with Crippen molar-refractivity contribution in [2.45, 2.75) is 44.9 Å². The second-order valence-corrected chi connectivity index (χ2v) is 7.54. The van der Waals surface area contributed by atoms with Gasteiger partial charge < -0.3 is 14.3 Å². The monoisotopic (exact) mass is 384 g/mol. The van der Waals surface area contributed by atoms with Gasteiger partial charge >= 0.3 is 6.09 Å². The summed E-state index contributed by atoms with van der Waals surface area (Å²) in [4.78, 5) is 17.0. The highest BCUT2D eigenvalue weighted by Crippen LogP contribution is 2.44. The number of alkyl carbamates (subject to hydrolysis) is 1. The zero-order chi connectivity index (χ0) is 20.1. The van der Waals surface area contributed by atoms with Gasteiger partial charge in [-0.25, -0.2) is 10.7 Å². The maximum atomic E-state index is 12.3. The first-order valence-electron chi connectivity index (χ1n) is 9.54. The van der Waals surface area contributed by atoms with Crippen molar-refractivity contribution in [3.63, 3.8) is 0 Å². The molecule has 0 bridgehead atoms. The third kappa shape index (κ3) is 4.70. The van der Waals surface area contributed by atoms with Crippen LogP contribution in [0.2, 0.25) is 0 Å². The van der Waals surface area contributed by atoms with E-state index in [2.05, 4.69) is 29.6 Å². The molecule has 1 aliphatic carbocycles. The van der Waals surface area contributed by atoms with Crippen molar-refractivity contribution in [3.8, 4) is 11.1 Å². The van der Waals surface area contributed by atoms with Crippen molar-refractivity contribution >= 4 is 6.09 Å². The van der Waals surface area contributed by atoms with E-state index in [4.69, 9.17) is 20.2 Å². The van der Waals surface area contributed by atoms with Crippen LogP contribution in [0.15, 0.2) is 48.5 Å². The number of hydrogen-bond acceptors (Lipinski definition) is 5. The van der Waals surface area contributed by atoms with E-state index in [1.807, 2.05) is 31.2 Å². The zero-order valence-corrected chi connectivity index (χ0v) is 16.6. The average Bonchev–Trinajstić information content (AvgIpc) is 2.99. The summed E-state index contributed by atoms with van der Waals surface area (Å²) in [5.74, 6) is 5.16. The topological polar surface area (TPSA) is 82.8 Å². The van der Waals surface area contributed by atoms with E-state index >= 15 is 0 Å². The Kier molecular flexibility index (Phi) is 6.34. The second-order valence-electron chi connectivity index (χ2n) is 7.54. The van der Waals surface area contributed by atoms with Crippen LogP contribution >= 0.6 is 0 Å². The van der Waals surface area contributed by atoms with Crippen LogP contribution in [0.3, 0.4) is 0 Å². The fraction of sp³-hybridized carbons (Fsp3) is 0.409. The van der Waals surface area contributed by atoms with E-state index in [1.165, 1.54) is 22.3 Å². The Morgan fingerprint density at radius 1 is 1.11 bits per heavy atom. The summed E-state index contributed by atoms with van der Waals surface area (Å²) in [5.41, 5.74) is 3.92. The molecule has 1 aliphatic rings. The molecule has 0 spiro atoms. The number of rotatable bonds is 8. The van der Waals surface area contributed by atoms with E-state index in [9.17, 15) is 4.79 Å². The number of nitrogens with one attached hydrogen (secondary N) is 1. The number of carbonyl (C=O) groups excluding carboxylic acids is 1. The Balaban J connectivity index is 1.57. The lowest BCUT2D eigenvalue weighted by atomic mass is 9.98. The molecule has 0 aliphatic heterocycles. The Morgan fingerprint density at radius 3 is 2.25 bits per heavy atom. The minimum atomic E-state index is -0.850. The molecule has 0 heterocycles. The molecule has 2 aromatic carbocycles. The molecule has 0 aromatic heterocycles. The predicted octanol–water partition coefficient (Wildman–Crippen LogP) is 3.95. The third-order valence-electron chi connectivity index (χ3n) is 4.97. The number of nitrogens with two attached hydrogens (primary N) is 1. The van der Waals surface area contributed by atoms with Crippen LogP contribution in [0.4, 0.5) is 4.79 Å². The van der Waals surface area contributed by atoms with Gasteiger partial charge in [-0.15, -0.1) is 0 Å². The van der Waals surface area contributed by atoms with E-state index in [0.29, 0.717) is 13.0 Å². The van der Waals surface area contributed by atoms with Gasteiger partial charge in [0.2, 0.25) is 0 Å². The first kappa shape index (κ1) is 20.3. The molecular weight excluding hydrogens is 356 g/mol. The van der Waals surface area contributed by atoms with Crippen molar-refractivity contribution < 1.29 is 19.1 Å². The molecule has 28 heavy (non-hydrogen) atoms. The van der Waals surface area contributed by atoms with Gasteiger partial charge in [0.05, 0.1) is 12.7 Å². The smallest absolute Gasteiger partial charge is 0.409 e. The van der Waals surface area contributed by atoms with Crippen LogP contribution in [0.25, 0.3) is 11.1 Å². The minimum Gasteiger partial charge on any atom is -0.448 e. The van der Waals surface area contributed by atoms with Crippen LogP contribution in [0.1, 0.15) is 44.2 Å². The zero-order valence-electron chi connectivity index (χ0n) is 16.6. The van der Waals surface area contributed by atoms with Crippen molar-refractivity contribution in [3.05, 3.63) is 59.7 Å². The number of ether oxygens (including phenoxy) is 2. The first-order chi connectivity index (χ1) is 13.4. The van der Waals surface area contributed by atoms with Crippen LogP contribution in [-0.4, -0.2) is 31.1 Å². The summed E-state index contributed by atoms with van der Waals surface area (Å²) >= 11 is 0. The van der Waals surface area contributed by atoms with Gasteiger partial charge in [-0.3, -0.25) is 5.32 Å². The fourth-order valence-corrected chi connectivity index (χ4v) is 3.46. The molecule has 6 nitrogen and oxygen atoms in total. The Bertz CT molecular complexity index is 776. The van der Waals surface area contributed by atoms with Crippen molar-refractivity contribution in [2.24, 2.45) is 5.90 Å². The Labute approximate surface area is 165 Å². The van der Waals surface area contributed by atoms with Gasteiger partial charge in [-0.1, -0.05) is 48.5 Å². The molecule has 6 heteroatoms. The molecular formula is C22H28N2O4. The third-order valence-corrected chi connectivity index (χ3v) is 4.97. The summed E-state index contributed by atoms with van der Waals surface area (Å²) in [6, 6.07) is 16.5. The average molecular weight is 384 g/mol. The highest BCUT2D eigenvalue weighted by Gasteiger charge is 2.30. The largest absolute Gasteiger partial charge is 0.448 e. The molecule has 150 valence electrons. The van der Waals surface area contributed by atoms with Gasteiger partial charge in [0, 0.05) is 5.92 Å². The maximum Gasteiger partial charge on any atom is 0.409 e. The quantitative estimate of drug-likeness (QED) is 0.532. The fourth-order valence-electron chi connectivity index (χ4n) is 3.46. The molecule has 3 rings (SSSR count). The summed E-state index contributed by atoms with van der Waals surface area (Å²) in [6.07, 6.45) is 0.0204. The molecule has 3 N–H and O–H groups in total. The Hall–Kier alpha value is -2.41. The van der Waals surface area contributed by atoms with Gasteiger partial charge in [-0.05, 0) is 49.4 Å². The van der Waals surface area contributed by atoms with Gasteiger partial charge in [-0.2, -0.15) is 0 Å². The first-order valence-corrected chi connectivity index (χ1v) is 9.54. The molecule has 0 saturated heterocycles. The number of carbonyl (C=O) groups is 1. The Morgan fingerprint density at radius 2 is 1.68 bits per heavy atom. The van der Waals surface area contributed by atoms with Gasteiger partial charge in [0.15, 0.2) is 0 Å². The van der Waals surface area contributed by atoms with E-state index < -0.39 is 11.8 Å². The van der Waals surface area contributed by atoms with Crippen LogP contribution in [-0.2, 0) is 14.3 Å². The molecule has 1 amide bonds. The lowest BCUT2D eigenvalue weighted by molar-refractivity contribution is -0.0570. The van der Waals surface area contributed by atoms with E-state index in [0.717, 1.165) is 0 Å². The summed E-state index contributed by atoms with van der Waals surface area (Å²) < 4.78 is 11.3. The molecule has 1 unspecified atom stereocenters. The summed E-state index contributed by atoms with van der Waals surface area (Å²) in [6.45, 7) is 6.10. The number of hydrogen-bond donors (Lipinski definition) is 2. The predicted molar refractivity (Wildman–Crippen MR) is 108 cm³/mol. The lowest BCUT2D eigenvalue weighted by Crippen LogP contribution is -2.46. The van der Waals surface area contributed by atoms with Crippen LogP contribution in [0, 0.1) is 0 Å². The molecule has 0 radical (unpaired) electrons. The molecule has 1 atom stereocenters. The maximum absolute atomic E-state index is 12.3. The minimum absolute atomic E-state index is 0.0322. The molecule has 2 aromatic rings. The highest BCUT2D eigenvalue weighted by atomic mass is 16.6. The lowest BCUT2D eigenvalue weighted by Gasteiger charge is -2.27. The van der Waals surface area contributed by atoms with Gasteiger partial charge in [0.1, 0.15) is 12.3 Å². The number of fused-ring (bicyclic) bond motifs is 3. The van der Waals surface area contributed by atoms with Crippen LogP contribution in [0.5, 0.6) is 0 Å². The summed E-state index contributed by atoms with van der Waals surface area (Å²) in [7, 11) is 0. The number of amides is 1. The SMILES string of the molecule is CC(CCOC(C)(C)NC(=O)OCC1c2ccccc2-c2ccccc21)ON. The van der Waals surface area contributed by atoms with E-state index in [1.54, 1.807) is 13.8 Å². The highest BCUT2D eigenvalue weighted by molar-refractivity contribution is 5.79. The van der Waals surface area contributed by atoms with Crippen molar-refractivity contribution in [2.75, 3.05) is 13.2 Å². The number of benzene rings is 2. The van der Waals surface area contributed by atoms with Gasteiger partial charge in [0.25, 0.3) is 0 Å². The standard InChI is InChI=1S/C22H28N2O4/c1-15(28-23)12-13-27-22(2,3)24-21(25)26-14-20-18-10-6-4-8-16(18)17-9-5-7-11-19(17)20/h4-11,15,20H,12-14,23H2,1-3H3,(H,24,25).